The van der Waals surface area contributed by atoms with Crippen LogP contribution < -0.4 is 0 Å². The van der Waals surface area contributed by atoms with E-state index >= 15 is 0 Å². The van der Waals surface area contributed by atoms with Crippen molar-refractivity contribution in [2.75, 3.05) is 0 Å². The van der Waals surface area contributed by atoms with Crippen LogP contribution in [0.3, 0.4) is 0 Å². The molecule has 0 saturated carbocycles. The molecule has 2 rings (SSSR count). The fourth-order valence-electron chi connectivity index (χ4n) is 1.83. The minimum absolute atomic E-state index is 0.0753. The van der Waals surface area contributed by atoms with E-state index in [9.17, 15) is 13.2 Å². The molecule has 102 valence electrons. The molecule has 0 aliphatic rings. The maximum absolute atomic E-state index is 13.8. The molecule has 0 aliphatic heterocycles. The molecule has 1 heterocycles. The Morgan fingerprint density at radius 2 is 1.79 bits per heavy atom. The van der Waals surface area contributed by atoms with Gasteiger partial charge < -0.3 is 4.57 Å². The second-order valence-corrected chi connectivity index (χ2v) is 4.53. The molecule has 0 bridgehead atoms. The third-order valence-electron chi connectivity index (χ3n) is 2.62. The van der Waals surface area contributed by atoms with Gasteiger partial charge in [0.2, 0.25) is 0 Å². The highest BCUT2D eigenvalue weighted by molar-refractivity contribution is 9.08. The largest absolute Gasteiger partial charge is 0.310 e. The van der Waals surface area contributed by atoms with E-state index in [1.807, 2.05) is 6.92 Å². The lowest BCUT2D eigenvalue weighted by atomic mass is 10.1. The van der Waals surface area contributed by atoms with Crippen molar-refractivity contribution in [3.05, 3.63) is 35.4 Å². The Morgan fingerprint density at radius 3 is 2.32 bits per heavy atom. The van der Waals surface area contributed by atoms with E-state index in [1.54, 1.807) is 4.57 Å². The first-order chi connectivity index (χ1) is 9.08. The number of alkyl halides is 1. The van der Waals surface area contributed by atoms with E-state index in [4.69, 9.17) is 0 Å². The molecule has 0 fully saturated rings. The summed E-state index contributed by atoms with van der Waals surface area (Å²) in [4.78, 5) is 0. The predicted octanol–water partition coefficient (Wildman–Crippen LogP) is 3.67. The van der Waals surface area contributed by atoms with Crippen LogP contribution >= 0.6 is 15.9 Å². The van der Waals surface area contributed by atoms with Crippen molar-refractivity contribution in [1.29, 1.82) is 0 Å². The monoisotopic (exact) mass is 333 g/mol. The smallest absolute Gasteiger partial charge is 0.169 e. The number of nitrogens with zero attached hydrogens (tertiary/aromatic N) is 3. The van der Waals surface area contributed by atoms with Crippen molar-refractivity contribution >= 4 is 15.9 Å². The molecule has 0 N–H and O–H groups in total. The van der Waals surface area contributed by atoms with Crippen LogP contribution in [0.15, 0.2) is 12.1 Å². The topological polar surface area (TPSA) is 30.7 Å². The lowest BCUT2D eigenvalue weighted by Gasteiger charge is -2.09. The zero-order valence-electron chi connectivity index (χ0n) is 10.1. The highest BCUT2D eigenvalue weighted by Crippen LogP contribution is 2.26. The molecular formula is C12H11BrF3N3. The standard InChI is InChI=1S/C12H11BrF3N3/c1-2-3-19-10(6-13)17-18-12(19)11-8(15)4-7(14)5-9(11)16/h4-5H,2-3,6H2,1H3. The van der Waals surface area contributed by atoms with Gasteiger partial charge >= 0.3 is 0 Å². The normalized spacial score (nSPS) is 11.0. The third kappa shape index (κ3) is 2.65. The summed E-state index contributed by atoms with van der Waals surface area (Å²) in [5.74, 6) is -2.28. The minimum atomic E-state index is -0.983. The zero-order valence-corrected chi connectivity index (χ0v) is 11.7. The molecule has 0 radical (unpaired) electrons. The Bertz CT molecular complexity index is 575. The van der Waals surface area contributed by atoms with E-state index in [2.05, 4.69) is 26.1 Å². The summed E-state index contributed by atoms with van der Waals surface area (Å²) in [5.41, 5.74) is -0.352. The van der Waals surface area contributed by atoms with E-state index in [0.717, 1.165) is 6.42 Å². The highest BCUT2D eigenvalue weighted by atomic mass is 79.9. The second-order valence-electron chi connectivity index (χ2n) is 3.97. The van der Waals surface area contributed by atoms with Crippen molar-refractivity contribution in [3.63, 3.8) is 0 Å². The Balaban J connectivity index is 2.62. The molecule has 0 saturated heterocycles. The Kier molecular flexibility index (Phi) is 4.24. The van der Waals surface area contributed by atoms with Crippen molar-refractivity contribution in [3.8, 4) is 11.4 Å². The molecule has 1 aromatic heterocycles. The maximum atomic E-state index is 13.8. The van der Waals surface area contributed by atoms with Crippen molar-refractivity contribution in [1.82, 2.24) is 14.8 Å². The maximum Gasteiger partial charge on any atom is 0.169 e. The summed E-state index contributed by atoms with van der Waals surface area (Å²) in [5, 5.41) is 8.10. The average Bonchev–Trinajstić information content (AvgIpc) is 2.72. The van der Waals surface area contributed by atoms with Gasteiger partial charge in [-0.3, -0.25) is 0 Å². The molecule has 1 aromatic carbocycles. The van der Waals surface area contributed by atoms with E-state index < -0.39 is 17.5 Å². The number of halogens is 4. The van der Waals surface area contributed by atoms with E-state index in [0.29, 0.717) is 29.8 Å². The number of hydrogen-bond acceptors (Lipinski definition) is 2. The molecule has 7 heteroatoms. The van der Waals surface area contributed by atoms with Crippen LogP contribution in [0.25, 0.3) is 11.4 Å². The molecule has 0 amide bonds. The van der Waals surface area contributed by atoms with Crippen LogP contribution in [0.4, 0.5) is 13.2 Å². The van der Waals surface area contributed by atoms with Gasteiger partial charge in [0.05, 0.1) is 10.9 Å². The van der Waals surface area contributed by atoms with Gasteiger partial charge in [-0.15, -0.1) is 10.2 Å². The highest BCUT2D eigenvalue weighted by Gasteiger charge is 2.20. The Hall–Kier alpha value is -1.37. The van der Waals surface area contributed by atoms with Gasteiger partial charge in [-0.2, -0.15) is 0 Å². The van der Waals surface area contributed by atoms with Gasteiger partial charge in [0.1, 0.15) is 23.3 Å². The first-order valence-electron chi connectivity index (χ1n) is 5.71. The van der Waals surface area contributed by atoms with E-state index in [-0.39, 0.29) is 11.4 Å². The van der Waals surface area contributed by atoms with Crippen LogP contribution in [0, 0.1) is 17.5 Å². The number of hydrogen-bond donors (Lipinski definition) is 0. The van der Waals surface area contributed by atoms with Gasteiger partial charge in [-0.1, -0.05) is 22.9 Å². The van der Waals surface area contributed by atoms with Crippen molar-refractivity contribution < 1.29 is 13.2 Å². The average molecular weight is 334 g/mol. The molecule has 0 spiro atoms. The van der Waals surface area contributed by atoms with Gasteiger partial charge in [0, 0.05) is 18.7 Å². The van der Waals surface area contributed by atoms with Gasteiger partial charge in [0.15, 0.2) is 5.82 Å². The van der Waals surface area contributed by atoms with Gasteiger partial charge in [-0.25, -0.2) is 13.2 Å². The van der Waals surface area contributed by atoms with Crippen molar-refractivity contribution in [2.45, 2.75) is 25.2 Å². The molecule has 0 unspecified atom stereocenters. The number of benzene rings is 1. The van der Waals surface area contributed by atoms with Gasteiger partial charge in [0.25, 0.3) is 0 Å². The molecule has 0 aliphatic carbocycles. The fourth-order valence-corrected chi connectivity index (χ4v) is 2.25. The van der Waals surface area contributed by atoms with Crippen LogP contribution in [-0.4, -0.2) is 14.8 Å². The molecule has 0 atom stereocenters. The van der Waals surface area contributed by atoms with E-state index in [1.165, 1.54) is 0 Å². The fraction of sp³-hybridized carbons (Fsp3) is 0.333. The first kappa shape index (κ1) is 14.0. The number of rotatable bonds is 4. The SMILES string of the molecule is CCCn1c(CBr)nnc1-c1c(F)cc(F)cc1F. The third-order valence-corrected chi connectivity index (χ3v) is 3.13. The van der Waals surface area contributed by atoms with Crippen LogP contribution in [0.2, 0.25) is 0 Å². The number of aromatic nitrogens is 3. The summed E-state index contributed by atoms with van der Waals surface area (Å²) in [6, 6.07) is 1.27. The van der Waals surface area contributed by atoms with Crippen molar-refractivity contribution in [2.24, 2.45) is 0 Å². The molecular weight excluding hydrogens is 323 g/mol. The second kappa shape index (κ2) is 5.73. The minimum Gasteiger partial charge on any atom is -0.310 e. The Labute approximate surface area is 116 Å². The van der Waals surface area contributed by atoms with Crippen LogP contribution in [0.5, 0.6) is 0 Å². The summed E-state index contributed by atoms with van der Waals surface area (Å²) in [6.07, 6.45) is 0.759. The zero-order chi connectivity index (χ0) is 14.0. The summed E-state index contributed by atoms with van der Waals surface area (Å²) in [7, 11) is 0. The van der Waals surface area contributed by atoms with Crippen LogP contribution in [0.1, 0.15) is 19.2 Å². The Morgan fingerprint density at radius 1 is 1.16 bits per heavy atom. The first-order valence-corrected chi connectivity index (χ1v) is 6.83. The lowest BCUT2D eigenvalue weighted by Crippen LogP contribution is -2.06. The molecule has 2 aromatic rings. The van der Waals surface area contributed by atoms with Gasteiger partial charge in [-0.05, 0) is 6.42 Å². The molecule has 19 heavy (non-hydrogen) atoms. The summed E-state index contributed by atoms with van der Waals surface area (Å²) in [6.45, 7) is 2.46. The quantitative estimate of drug-likeness (QED) is 0.799. The predicted molar refractivity (Wildman–Crippen MR) is 68.3 cm³/mol. The summed E-state index contributed by atoms with van der Waals surface area (Å²) < 4.78 is 42.0. The lowest BCUT2D eigenvalue weighted by molar-refractivity contribution is 0.543. The van der Waals surface area contributed by atoms with Crippen LogP contribution in [-0.2, 0) is 11.9 Å². The molecule has 3 nitrogen and oxygen atoms in total. The summed E-state index contributed by atoms with van der Waals surface area (Å²) >= 11 is 3.24.